The average molecular weight is 349 g/mol. The zero-order valence-electron chi connectivity index (χ0n) is 14.6. The quantitative estimate of drug-likeness (QED) is 0.614. The lowest BCUT2D eigenvalue weighted by atomic mass is 10.2. The second-order valence-electron chi connectivity index (χ2n) is 6.41. The third-order valence-corrected chi connectivity index (χ3v) is 4.84. The van der Waals surface area contributed by atoms with Gasteiger partial charge >= 0.3 is 5.76 Å². The van der Waals surface area contributed by atoms with Crippen LogP contribution >= 0.6 is 0 Å². The van der Waals surface area contributed by atoms with Crippen LogP contribution in [0.3, 0.4) is 0 Å². The Bertz CT molecular complexity index is 1120. The number of nitrogens with one attached hydrogen (secondary N) is 1. The Kier molecular flexibility index (Phi) is 3.88. The number of amides is 1. The number of hydrogen-bond acceptors (Lipinski definition) is 3. The Labute approximate surface area is 149 Å². The minimum atomic E-state index is -0.522. The van der Waals surface area contributed by atoms with Gasteiger partial charge in [0.25, 0.3) is 0 Å². The number of oxazole rings is 1. The monoisotopic (exact) mass is 349 g/mol. The topological polar surface area (TPSA) is 71.2 Å². The smallest absolute Gasteiger partial charge is 0.408 e. The molecule has 0 aliphatic heterocycles. The second kappa shape index (κ2) is 6.22. The van der Waals surface area contributed by atoms with E-state index in [-0.39, 0.29) is 18.5 Å². The van der Waals surface area contributed by atoms with Crippen LogP contribution in [-0.2, 0) is 11.3 Å². The van der Waals surface area contributed by atoms with E-state index in [0.717, 1.165) is 16.6 Å². The van der Waals surface area contributed by atoms with Gasteiger partial charge in [0, 0.05) is 18.3 Å². The number of aromatic amines is 1. The van der Waals surface area contributed by atoms with E-state index in [9.17, 15) is 9.59 Å². The minimum Gasteiger partial charge on any atom is -0.408 e. The highest BCUT2D eigenvalue weighted by molar-refractivity contribution is 5.82. The van der Waals surface area contributed by atoms with Crippen molar-refractivity contribution in [2.24, 2.45) is 0 Å². The van der Waals surface area contributed by atoms with E-state index in [1.807, 2.05) is 43.3 Å². The molecule has 1 N–H and O–H groups in total. The highest BCUT2D eigenvalue weighted by Gasteiger charge is 2.21. The Morgan fingerprint density at radius 1 is 1.19 bits per heavy atom. The first-order valence-electron chi connectivity index (χ1n) is 8.46. The lowest BCUT2D eigenvalue weighted by Gasteiger charge is -2.24. The van der Waals surface area contributed by atoms with Gasteiger partial charge in [0.1, 0.15) is 6.54 Å². The van der Waals surface area contributed by atoms with Crippen molar-refractivity contribution < 1.29 is 9.21 Å². The number of carbonyl (C=O) groups excluding carboxylic acids is 1. The molecule has 1 unspecified atom stereocenters. The molecule has 6 nitrogen and oxygen atoms in total. The van der Waals surface area contributed by atoms with Crippen LogP contribution in [0, 0.1) is 0 Å². The van der Waals surface area contributed by atoms with Crippen LogP contribution in [0.5, 0.6) is 0 Å². The van der Waals surface area contributed by atoms with Crippen molar-refractivity contribution in [3.63, 3.8) is 0 Å². The van der Waals surface area contributed by atoms with Gasteiger partial charge in [0.15, 0.2) is 5.58 Å². The molecule has 1 atom stereocenters. The Hall–Kier alpha value is -3.28. The number of hydrogen-bond donors (Lipinski definition) is 1. The summed E-state index contributed by atoms with van der Waals surface area (Å²) in [5.41, 5.74) is 3.09. The van der Waals surface area contributed by atoms with E-state index in [1.54, 1.807) is 30.1 Å². The lowest BCUT2D eigenvalue weighted by Crippen LogP contribution is -2.34. The Morgan fingerprint density at radius 3 is 2.73 bits per heavy atom. The summed E-state index contributed by atoms with van der Waals surface area (Å²) in [6.45, 7) is 1.90. The van der Waals surface area contributed by atoms with Crippen LogP contribution in [0.1, 0.15) is 18.7 Å². The maximum absolute atomic E-state index is 12.7. The zero-order valence-corrected chi connectivity index (χ0v) is 14.6. The number of benzene rings is 2. The zero-order chi connectivity index (χ0) is 18.3. The van der Waals surface area contributed by atoms with Gasteiger partial charge in [-0.3, -0.25) is 9.36 Å². The number of fused-ring (bicyclic) bond motifs is 2. The van der Waals surface area contributed by atoms with Crippen molar-refractivity contribution >= 4 is 27.9 Å². The summed E-state index contributed by atoms with van der Waals surface area (Å²) in [6.07, 6.45) is 0. The third kappa shape index (κ3) is 2.69. The van der Waals surface area contributed by atoms with E-state index in [1.165, 1.54) is 4.57 Å². The van der Waals surface area contributed by atoms with Gasteiger partial charge < -0.3 is 14.3 Å². The first-order chi connectivity index (χ1) is 12.5. The first kappa shape index (κ1) is 16.2. The van der Waals surface area contributed by atoms with Crippen molar-refractivity contribution in [3.05, 3.63) is 70.8 Å². The van der Waals surface area contributed by atoms with Gasteiger partial charge in [0.05, 0.1) is 11.6 Å². The predicted octanol–water partition coefficient (Wildman–Crippen LogP) is 3.30. The lowest BCUT2D eigenvalue weighted by molar-refractivity contribution is -0.132. The predicted molar refractivity (Wildman–Crippen MR) is 100.0 cm³/mol. The van der Waals surface area contributed by atoms with Crippen molar-refractivity contribution in [1.29, 1.82) is 0 Å². The van der Waals surface area contributed by atoms with E-state index < -0.39 is 5.76 Å². The van der Waals surface area contributed by atoms with Crippen molar-refractivity contribution in [2.45, 2.75) is 19.5 Å². The van der Waals surface area contributed by atoms with Crippen LogP contribution in [0.25, 0.3) is 22.0 Å². The molecule has 26 heavy (non-hydrogen) atoms. The molecule has 0 saturated heterocycles. The highest BCUT2D eigenvalue weighted by Crippen LogP contribution is 2.23. The fourth-order valence-corrected chi connectivity index (χ4v) is 3.16. The van der Waals surface area contributed by atoms with Crippen LogP contribution in [0.4, 0.5) is 0 Å². The van der Waals surface area contributed by atoms with E-state index in [2.05, 4.69) is 4.98 Å². The summed E-state index contributed by atoms with van der Waals surface area (Å²) in [4.78, 5) is 29.8. The minimum absolute atomic E-state index is 0.0586. The molecule has 2 aromatic carbocycles. The fraction of sp³-hybridized carbons (Fsp3) is 0.200. The molecule has 2 heterocycles. The SMILES string of the molecule is CC(c1cc2ccccc2[nH]1)N(C)C(=O)Cn1c(=O)oc2ccccc21. The first-order valence-corrected chi connectivity index (χ1v) is 8.46. The van der Waals surface area contributed by atoms with Gasteiger partial charge in [-0.25, -0.2) is 4.79 Å². The van der Waals surface area contributed by atoms with Gasteiger partial charge in [-0.2, -0.15) is 0 Å². The summed E-state index contributed by atoms with van der Waals surface area (Å²) in [7, 11) is 1.74. The largest absolute Gasteiger partial charge is 0.420 e. The number of nitrogens with zero attached hydrogens (tertiary/aromatic N) is 2. The number of H-pyrrole nitrogens is 1. The number of carbonyl (C=O) groups is 1. The number of rotatable bonds is 4. The summed E-state index contributed by atoms with van der Waals surface area (Å²) < 4.78 is 6.56. The Morgan fingerprint density at radius 2 is 1.92 bits per heavy atom. The molecule has 2 aromatic heterocycles. The molecule has 0 aliphatic carbocycles. The van der Waals surface area contributed by atoms with Gasteiger partial charge in [-0.05, 0) is 36.6 Å². The van der Waals surface area contributed by atoms with Crippen molar-refractivity contribution in [1.82, 2.24) is 14.5 Å². The molecule has 1 amide bonds. The number of para-hydroxylation sites is 3. The maximum atomic E-state index is 12.7. The van der Waals surface area contributed by atoms with Gasteiger partial charge in [0.2, 0.25) is 5.91 Å². The third-order valence-electron chi connectivity index (χ3n) is 4.84. The molecule has 0 fully saturated rings. The number of aromatic nitrogens is 2. The summed E-state index contributed by atoms with van der Waals surface area (Å²) in [5, 5.41) is 1.10. The van der Waals surface area contributed by atoms with E-state index in [0.29, 0.717) is 11.1 Å². The molecule has 6 heteroatoms. The van der Waals surface area contributed by atoms with Gasteiger partial charge in [-0.1, -0.05) is 30.3 Å². The normalized spacial score (nSPS) is 12.5. The molecule has 132 valence electrons. The molecule has 4 rings (SSSR count). The van der Waals surface area contributed by atoms with E-state index in [4.69, 9.17) is 4.42 Å². The highest BCUT2D eigenvalue weighted by atomic mass is 16.4. The van der Waals surface area contributed by atoms with Gasteiger partial charge in [-0.15, -0.1) is 0 Å². The average Bonchev–Trinajstić information content (AvgIpc) is 3.22. The molecular formula is C20H19N3O3. The molecule has 0 spiro atoms. The van der Waals surface area contributed by atoms with E-state index >= 15 is 0 Å². The summed E-state index contributed by atoms with van der Waals surface area (Å²) in [6, 6.07) is 17.0. The molecule has 0 saturated carbocycles. The Balaban J connectivity index is 1.59. The van der Waals surface area contributed by atoms with Crippen LogP contribution in [0.2, 0.25) is 0 Å². The standard InChI is InChI=1S/C20H19N3O3/c1-13(16-11-14-7-3-4-8-15(14)21-16)22(2)19(24)12-23-17-9-5-6-10-18(17)26-20(23)25/h3-11,13,21H,12H2,1-2H3. The van der Waals surface area contributed by atoms with Crippen LogP contribution < -0.4 is 5.76 Å². The van der Waals surface area contributed by atoms with Crippen molar-refractivity contribution in [2.75, 3.05) is 7.05 Å². The second-order valence-corrected chi connectivity index (χ2v) is 6.41. The molecule has 0 bridgehead atoms. The fourth-order valence-electron chi connectivity index (χ4n) is 3.16. The van der Waals surface area contributed by atoms with Crippen molar-refractivity contribution in [3.8, 4) is 0 Å². The van der Waals surface area contributed by atoms with Crippen LogP contribution in [0.15, 0.2) is 63.8 Å². The number of likely N-dealkylation sites (N-methyl/N-ethyl adjacent to an activating group) is 1. The maximum Gasteiger partial charge on any atom is 0.420 e. The molecular weight excluding hydrogens is 330 g/mol. The molecule has 4 aromatic rings. The van der Waals surface area contributed by atoms with Crippen LogP contribution in [-0.4, -0.2) is 27.4 Å². The molecule has 0 radical (unpaired) electrons. The summed E-state index contributed by atoms with van der Waals surface area (Å²) >= 11 is 0. The summed E-state index contributed by atoms with van der Waals surface area (Å²) in [5.74, 6) is -0.684. The molecule has 0 aliphatic rings.